The molecule has 1 N–H and O–H groups in total. The second-order valence-corrected chi connectivity index (χ2v) is 6.91. The van der Waals surface area contributed by atoms with Gasteiger partial charge in [0.1, 0.15) is 11.5 Å². The quantitative estimate of drug-likeness (QED) is 0.766. The number of carbonyl (C=O) groups excluding carboxylic acids is 1. The van der Waals surface area contributed by atoms with Crippen LogP contribution in [-0.4, -0.2) is 33.8 Å². The molecule has 0 spiro atoms. The van der Waals surface area contributed by atoms with Crippen molar-refractivity contribution in [2.75, 3.05) is 23.3 Å². The Bertz CT molecular complexity index is 976. The van der Waals surface area contributed by atoms with Crippen LogP contribution in [0.4, 0.5) is 11.5 Å². The van der Waals surface area contributed by atoms with Crippen molar-refractivity contribution in [2.24, 2.45) is 0 Å². The number of pyridine rings is 1. The van der Waals surface area contributed by atoms with Crippen molar-refractivity contribution >= 4 is 17.4 Å². The Morgan fingerprint density at radius 1 is 1.22 bits per heavy atom. The zero-order valence-corrected chi connectivity index (χ0v) is 15.8. The smallest absolute Gasteiger partial charge is 0.277 e. The number of aryl methyl sites for hydroxylation is 1. The third-order valence-corrected chi connectivity index (χ3v) is 4.88. The lowest BCUT2D eigenvalue weighted by Crippen LogP contribution is -2.42. The number of carbonyl (C=O) groups is 1. The van der Waals surface area contributed by atoms with Crippen molar-refractivity contribution in [3.63, 3.8) is 0 Å². The van der Waals surface area contributed by atoms with Gasteiger partial charge in [0.15, 0.2) is 0 Å². The van der Waals surface area contributed by atoms with Crippen molar-refractivity contribution < 1.29 is 4.79 Å². The van der Waals surface area contributed by atoms with Gasteiger partial charge < -0.3 is 10.2 Å². The van der Waals surface area contributed by atoms with Crippen LogP contribution in [0.3, 0.4) is 0 Å². The Kier molecular flexibility index (Phi) is 4.39. The Labute approximate surface area is 158 Å². The lowest BCUT2D eigenvalue weighted by Gasteiger charge is -2.32. The van der Waals surface area contributed by atoms with Crippen LogP contribution in [0.2, 0.25) is 0 Å². The SMILES string of the molecule is C[11CH2]Nc1cc(-c2cnn3c2C(=O)N(c2ccc(C)cc2)C[C@@H]3C)ccn1. The van der Waals surface area contributed by atoms with Gasteiger partial charge in [-0.25, -0.2) is 4.98 Å². The molecule has 1 aliphatic heterocycles. The minimum Gasteiger partial charge on any atom is -0.370 e. The first-order chi connectivity index (χ1) is 13.1. The lowest BCUT2D eigenvalue weighted by atomic mass is 10.0. The minimum absolute atomic E-state index is 0.0220. The van der Waals surface area contributed by atoms with E-state index in [9.17, 15) is 4.79 Å². The van der Waals surface area contributed by atoms with E-state index >= 15 is 0 Å². The highest BCUT2D eigenvalue weighted by Crippen LogP contribution is 2.33. The van der Waals surface area contributed by atoms with Crippen molar-refractivity contribution in [1.82, 2.24) is 14.8 Å². The molecule has 0 saturated carbocycles. The predicted molar refractivity (Wildman–Crippen MR) is 107 cm³/mol. The van der Waals surface area contributed by atoms with Crippen molar-refractivity contribution in [3.8, 4) is 11.1 Å². The van der Waals surface area contributed by atoms with Crippen LogP contribution < -0.4 is 10.2 Å². The van der Waals surface area contributed by atoms with E-state index < -0.39 is 0 Å². The fourth-order valence-electron chi connectivity index (χ4n) is 3.50. The van der Waals surface area contributed by atoms with Crippen LogP contribution in [0.5, 0.6) is 0 Å². The molecule has 0 unspecified atom stereocenters. The number of fused-ring (bicyclic) bond motifs is 1. The maximum Gasteiger partial charge on any atom is 0.277 e. The normalized spacial score (nSPS) is 16.3. The number of nitrogens with one attached hydrogen (secondary N) is 1. The Balaban J connectivity index is 1.77. The van der Waals surface area contributed by atoms with Gasteiger partial charge in [-0.1, -0.05) is 17.7 Å². The molecular formula is C21H23N5O. The monoisotopic (exact) mass is 360 g/mol. The first kappa shape index (κ1) is 17.3. The number of amides is 1. The third-order valence-electron chi connectivity index (χ3n) is 4.88. The highest BCUT2D eigenvalue weighted by atomic mass is 16.2. The summed E-state index contributed by atoms with van der Waals surface area (Å²) < 4.78 is 1.84. The summed E-state index contributed by atoms with van der Waals surface area (Å²) in [6.07, 6.45) is 3.54. The molecule has 0 saturated heterocycles. The first-order valence-electron chi connectivity index (χ1n) is 9.25. The van der Waals surface area contributed by atoms with Crippen LogP contribution in [0.1, 0.15) is 35.9 Å². The van der Waals surface area contributed by atoms with Gasteiger partial charge >= 0.3 is 0 Å². The van der Waals surface area contributed by atoms with E-state index in [-0.39, 0.29) is 11.9 Å². The number of rotatable bonds is 4. The zero-order chi connectivity index (χ0) is 19.0. The van der Waals surface area contributed by atoms with E-state index in [1.165, 1.54) is 5.56 Å². The number of benzene rings is 1. The number of hydrogen-bond donors (Lipinski definition) is 1. The molecule has 138 valence electrons. The minimum atomic E-state index is -0.0220. The average molecular weight is 360 g/mol. The first-order valence-corrected chi connectivity index (χ1v) is 9.25. The van der Waals surface area contributed by atoms with Crippen molar-refractivity contribution in [1.29, 1.82) is 0 Å². The molecule has 27 heavy (non-hydrogen) atoms. The predicted octanol–water partition coefficient (Wildman–Crippen LogP) is 3.91. The van der Waals surface area contributed by atoms with Crippen LogP contribution in [0.25, 0.3) is 11.1 Å². The fourth-order valence-corrected chi connectivity index (χ4v) is 3.50. The largest absolute Gasteiger partial charge is 0.370 e. The maximum atomic E-state index is 13.3. The molecule has 2 aromatic heterocycles. The van der Waals surface area contributed by atoms with E-state index in [1.807, 2.05) is 59.8 Å². The summed E-state index contributed by atoms with van der Waals surface area (Å²) in [7, 11) is 0. The molecule has 1 aromatic carbocycles. The number of nitrogens with zero attached hydrogens (tertiary/aromatic N) is 4. The van der Waals surface area contributed by atoms with Gasteiger partial charge in [0.05, 0.1) is 12.2 Å². The molecule has 3 heterocycles. The van der Waals surface area contributed by atoms with Crippen molar-refractivity contribution in [3.05, 3.63) is 60.0 Å². The second-order valence-electron chi connectivity index (χ2n) is 6.91. The summed E-state index contributed by atoms with van der Waals surface area (Å²) in [5, 5.41) is 7.73. The van der Waals surface area contributed by atoms with E-state index in [0.29, 0.717) is 12.2 Å². The van der Waals surface area contributed by atoms with Gasteiger partial charge in [0.25, 0.3) is 5.91 Å². The van der Waals surface area contributed by atoms with E-state index in [0.717, 1.165) is 29.2 Å². The summed E-state index contributed by atoms with van der Waals surface area (Å²) in [6.45, 7) is 7.56. The van der Waals surface area contributed by atoms with Gasteiger partial charge in [-0.15, -0.1) is 0 Å². The maximum absolute atomic E-state index is 13.3. The van der Waals surface area contributed by atoms with Gasteiger partial charge in [0, 0.05) is 30.5 Å². The molecule has 4 rings (SSSR count). The molecule has 0 bridgehead atoms. The molecule has 3 aromatic rings. The Morgan fingerprint density at radius 3 is 2.74 bits per heavy atom. The summed E-state index contributed by atoms with van der Waals surface area (Å²) in [5.41, 5.74) is 4.50. The van der Waals surface area contributed by atoms with Gasteiger partial charge in [-0.3, -0.25) is 9.48 Å². The highest BCUT2D eigenvalue weighted by Gasteiger charge is 2.33. The molecule has 0 radical (unpaired) electrons. The summed E-state index contributed by atoms with van der Waals surface area (Å²) in [6, 6.07) is 12.0. The molecule has 1 atom stereocenters. The van der Waals surface area contributed by atoms with Crippen LogP contribution >= 0.6 is 0 Å². The highest BCUT2D eigenvalue weighted by molar-refractivity contribution is 6.09. The fraction of sp³-hybridized carbons (Fsp3) is 0.286. The Hall–Kier alpha value is -3.15. The van der Waals surface area contributed by atoms with Gasteiger partial charge in [-0.2, -0.15) is 5.10 Å². The third kappa shape index (κ3) is 3.07. The van der Waals surface area contributed by atoms with Crippen LogP contribution in [0.15, 0.2) is 48.8 Å². The van der Waals surface area contributed by atoms with Gasteiger partial charge in [-0.05, 0) is 50.6 Å². The Morgan fingerprint density at radius 2 is 2.00 bits per heavy atom. The summed E-state index contributed by atoms with van der Waals surface area (Å²) in [5.74, 6) is 0.771. The molecule has 1 aliphatic rings. The molecule has 6 nitrogen and oxygen atoms in total. The number of hydrogen-bond acceptors (Lipinski definition) is 4. The van der Waals surface area contributed by atoms with E-state index in [1.54, 1.807) is 12.4 Å². The zero-order valence-electron chi connectivity index (χ0n) is 15.8. The van der Waals surface area contributed by atoms with Crippen LogP contribution in [0, 0.1) is 6.92 Å². The number of anilines is 2. The summed E-state index contributed by atoms with van der Waals surface area (Å²) >= 11 is 0. The molecule has 0 aliphatic carbocycles. The summed E-state index contributed by atoms with van der Waals surface area (Å²) in [4.78, 5) is 19.5. The van der Waals surface area contributed by atoms with Crippen molar-refractivity contribution in [2.45, 2.75) is 26.8 Å². The van der Waals surface area contributed by atoms with Gasteiger partial charge in [0.2, 0.25) is 0 Å². The average Bonchev–Trinajstić information content (AvgIpc) is 3.12. The molecule has 6 heteroatoms. The molecular weight excluding hydrogens is 337 g/mol. The lowest BCUT2D eigenvalue weighted by molar-refractivity contribution is 0.0954. The molecule has 1 amide bonds. The topological polar surface area (TPSA) is 63.1 Å². The molecule has 0 fully saturated rings. The standard InChI is InChI=1S/C21H23N5O/c1-4-22-19-11-16(9-10-23-19)18-12-24-26-15(3)13-25(21(27)20(18)26)17-7-5-14(2)6-8-17/h5-12,15H,4,13H2,1-3H3,(H,22,23)/t15-/m0/s1/i4-1. The number of aromatic nitrogens is 3. The van der Waals surface area contributed by atoms with E-state index in [2.05, 4.69) is 22.3 Å². The van der Waals surface area contributed by atoms with Crippen LogP contribution in [-0.2, 0) is 0 Å². The van der Waals surface area contributed by atoms with E-state index in [4.69, 9.17) is 0 Å². The second kappa shape index (κ2) is 6.87.